The smallest absolute Gasteiger partial charge is 0.263 e. The van der Waals surface area contributed by atoms with Crippen LogP contribution in [0, 0.1) is 17.1 Å². The Kier molecular flexibility index (Phi) is 3.93. The van der Waals surface area contributed by atoms with Gasteiger partial charge in [0.15, 0.2) is 0 Å². The zero-order valence-corrected chi connectivity index (χ0v) is 11.5. The van der Waals surface area contributed by atoms with Crippen molar-refractivity contribution in [3.8, 4) is 6.07 Å². The number of anilines is 1. The zero-order chi connectivity index (χ0) is 14.8. The molecule has 0 heterocycles. The fourth-order valence-corrected chi connectivity index (χ4v) is 3.07. The minimum absolute atomic E-state index is 0.155. The third-order valence-electron chi connectivity index (χ3n) is 2.49. The first-order valence-corrected chi connectivity index (χ1v) is 7.28. The molecule has 0 spiro atoms. The highest BCUT2D eigenvalue weighted by atomic mass is 35.5. The average molecular weight is 311 g/mol. The summed E-state index contributed by atoms with van der Waals surface area (Å²) in [6, 6.07) is 11.2. The Balaban J connectivity index is 2.50. The summed E-state index contributed by atoms with van der Waals surface area (Å²) in [5.74, 6) is -0.894. The van der Waals surface area contributed by atoms with Crippen molar-refractivity contribution in [2.75, 3.05) is 4.72 Å². The van der Waals surface area contributed by atoms with E-state index in [1.54, 1.807) is 18.2 Å². The molecule has 0 fully saturated rings. The second kappa shape index (κ2) is 5.49. The number of sulfonamides is 1. The Labute approximate surface area is 120 Å². The van der Waals surface area contributed by atoms with Crippen LogP contribution >= 0.6 is 11.6 Å². The molecular weight excluding hydrogens is 303 g/mol. The Bertz CT molecular complexity index is 800. The van der Waals surface area contributed by atoms with Gasteiger partial charge in [0.1, 0.15) is 22.3 Å². The molecule has 7 heteroatoms. The van der Waals surface area contributed by atoms with Crippen LogP contribution < -0.4 is 4.72 Å². The standard InChI is InChI=1S/C13H8ClFN2O2S/c14-10-4-1-2-6-12(10)17-20(18,19)13-7-3-5-11(15)9(13)8-16/h1-7,17H. The fourth-order valence-electron chi connectivity index (χ4n) is 1.58. The molecule has 20 heavy (non-hydrogen) atoms. The summed E-state index contributed by atoms with van der Waals surface area (Å²) < 4.78 is 40.1. The van der Waals surface area contributed by atoms with Gasteiger partial charge in [-0.3, -0.25) is 4.72 Å². The normalized spacial score (nSPS) is 10.8. The number of rotatable bonds is 3. The predicted molar refractivity (Wildman–Crippen MR) is 73.4 cm³/mol. The van der Waals surface area contributed by atoms with Crippen molar-refractivity contribution >= 4 is 27.3 Å². The van der Waals surface area contributed by atoms with E-state index in [1.807, 2.05) is 0 Å². The molecule has 2 aromatic carbocycles. The van der Waals surface area contributed by atoms with Gasteiger partial charge in [0, 0.05) is 0 Å². The summed E-state index contributed by atoms with van der Waals surface area (Å²) >= 11 is 5.86. The van der Waals surface area contributed by atoms with Crippen LogP contribution in [-0.4, -0.2) is 8.42 Å². The number of nitrogens with one attached hydrogen (secondary N) is 1. The summed E-state index contributed by atoms with van der Waals surface area (Å²) in [4.78, 5) is -0.431. The van der Waals surface area contributed by atoms with E-state index in [-0.39, 0.29) is 10.7 Å². The first-order chi connectivity index (χ1) is 9.45. The number of hydrogen-bond donors (Lipinski definition) is 1. The van der Waals surface area contributed by atoms with E-state index in [2.05, 4.69) is 4.72 Å². The van der Waals surface area contributed by atoms with E-state index < -0.39 is 26.3 Å². The third-order valence-corrected chi connectivity index (χ3v) is 4.23. The third kappa shape index (κ3) is 2.74. The lowest BCUT2D eigenvalue weighted by Gasteiger charge is -2.10. The highest BCUT2D eigenvalue weighted by Gasteiger charge is 2.21. The minimum Gasteiger partial charge on any atom is -0.278 e. The van der Waals surface area contributed by atoms with E-state index in [4.69, 9.17) is 16.9 Å². The van der Waals surface area contributed by atoms with Gasteiger partial charge in [-0.25, -0.2) is 12.8 Å². The van der Waals surface area contributed by atoms with Gasteiger partial charge in [0.25, 0.3) is 10.0 Å². The van der Waals surface area contributed by atoms with Gasteiger partial charge in [-0.05, 0) is 24.3 Å². The number of nitriles is 1. The average Bonchev–Trinajstić information content (AvgIpc) is 2.41. The number of benzene rings is 2. The van der Waals surface area contributed by atoms with Crippen molar-refractivity contribution < 1.29 is 12.8 Å². The lowest BCUT2D eigenvalue weighted by atomic mass is 10.2. The van der Waals surface area contributed by atoms with Crippen molar-refractivity contribution in [3.05, 3.63) is 58.9 Å². The second-order valence-corrected chi connectivity index (χ2v) is 5.87. The molecule has 0 aliphatic rings. The molecule has 102 valence electrons. The van der Waals surface area contributed by atoms with E-state index in [0.29, 0.717) is 0 Å². The molecule has 0 radical (unpaired) electrons. The molecule has 0 aromatic heterocycles. The highest BCUT2D eigenvalue weighted by Crippen LogP contribution is 2.25. The van der Waals surface area contributed by atoms with Gasteiger partial charge in [-0.2, -0.15) is 5.26 Å². The van der Waals surface area contributed by atoms with Crippen LogP contribution in [0.1, 0.15) is 5.56 Å². The zero-order valence-electron chi connectivity index (χ0n) is 9.97. The first-order valence-electron chi connectivity index (χ1n) is 5.41. The Morgan fingerprint density at radius 2 is 1.85 bits per heavy atom. The molecule has 0 saturated carbocycles. The van der Waals surface area contributed by atoms with E-state index >= 15 is 0 Å². The topological polar surface area (TPSA) is 70.0 Å². The van der Waals surface area contributed by atoms with Gasteiger partial charge in [-0.1, -0.05) is 29.8 Å². The van der Waals surface area contributed by atoms with Crippen LogP contribution in [0.15, 0.2) is 47.4 Å². The van der Waals surface area contributed by atoms with Gasteiger partial charge in [0.05, 0.1) is 10.7 Å². The van der Waals surface area contributed by atoms with Crippen LogP contribution in [0.4, 0.5) is 10.1 Å². The van der Waals surface area contributed by atoms with Crippen LogP contribution in [-0.2, 0) is 10.0 Å². The van der Waals surface area contributed by atoms with E-state index in [9.17, 15) is 12.8 Å². The van der Waals surface area contributed by atoms with Crippen molar-refractivity contribution in [3.63, 3.8) is 0 Å². The number of hydrogen-bond acceptors (Lipinski definition) is 3. The molecule has 2 rings (SSSR count). The Morgan fingerprint density at radius 3 is 2.50 bits per heavy atom. The lowest BCUT2D eigenvalue weighted by Crippen LogP contribution is -2.15. The summed E-state index contributed by atoms with van der Waals surface area (Å²) in [7, 11) is -4.10. The SMILES string of the molecule is N#Cc1c(F)cccc1S(=O)(=O)Nc1ccccc1Cl. The first kappa shape index (κ1) is 14.3. The van der Waals surface area contributed by atoms with E-state index in [1.165, 1.54) is 18.2 Å². The largest absolute Gasteiger partial charge is 0.278 e. The van der Waals surface area contributed by atoms with Gasteiger partial charge < -0.3 is 0 Å². The second-order valence-electron chi connectivity index (χ2n) is 3.81. The van der Waals surface area contributed by atoms with Crippen molar-refractivity contribution in [2.45, 2.75) is 4.90 Å². The molecule has 4 nitrogen and oxygen atoms in total. The molecular formula is C13H8ClFN2O2S. The maximum absolute atomic E-state index is 13.5. The fraction of sp³-hybridized carbons (Fsp3) is 0. The minimum atomic E-state index is -4.10. The van der Waals surface area contributed by atoms with Crippen molar-refractivity contribution in [1.82, 2.24) is 0 Å². The predicted octanol–water partition coefficient (Wildman–Crippen LogP) is 3.15. The summed E-state index contributed by atoms with van der Waals surface area (Å²) in [6.07, 6.45) is 0. The quantitative estimate of drug-likeness (QED) is 0.946. The summed E-state index contributed by atoms with van der Waals surface area (Å²) in [5.41, 5.74) is -0.380. The molecule has 0 aliphatic carbocycles. The molecule has 0 atom stereocenters. The van der Waals surface area contributed by atoms with Crippen LogP contribution in [0.25, 0.3) is 0 Å². The van der Waals surface area contributed by atoms with Crippen molar-refractivity contribution in [1.29, 1.82) is 5.26 Å². The Morgan fingerprint density at radius 1 is 1.15 bits per heavy atom. The lowest BCUT2D eigenvalue weighted by molar-refractivity contribution is 0.593. The van der Waals surface area contributed by atoms with Gasteiger partial charge in [0.2, 0.25) is 0 Å². The van der Waals surface area contributed by atoms with Crippen molar-refractivity contribution in [2.24, 2.45) is 0 Å². The van der Waals surface area contributed by atoms with Crippen LogP contribution in [0.3, 0.4) is 0 Å². The number of para-hydroxylation sites is 1. The van der Waals surface area contributed by atoms with Crippen LogP contribution in [0.2, 0.25) is 5.02 Å². The molecule has 1 N–H and O–H groups in total. The van der Waals surface area contributed by atoms with Gasteiger partial charge in [-0.15, -0.1) is 0 Å². The molecule has 0 unspecified atom stereocenters. The molecule has 0 bridgehead atoms. The summed E-state index contributed by atoms with van der Waals surface area (Å²) in [5, 5.41) is 9.07. The maximum Gasteiger partial charge on any atom is 0.263 e. The maximum atomic E-state index is 13.5. The summed E-state index contributed by atoms with van der Waals surface area (Å²) in [6.45, 7) is 0. The Hall–Kier alpha value is -2.10. The number of nitrogens with zero attached hydrogens (tertiary/aromatic N) is 1. The molecule has 0 amide bonds. The number of halogens is 2. The van der Waals surface area contributed by atoms with Crippen LogP contribution in [0.5, 0.6) is 0 Å². The molecule has 2 aromatic rings. The highest BCUT2D eigenvalue weighted by molar-refractivity contribution is 7.92. The molecule has 0 aliphatic heterocycles. The molecule has 0 saturated heterocycles. The monoisotopic (exact) mass is 310 g/mol. The van der Waals surface area contributed by atoms with Gasteiger partial charge >= 0.3 is 0 Å². The van der Waals surface area contributed by atoms with E-state index in [0.717, 1.165) is 12.1 Å².